The van der Waals surface area contributed by atoms with Crippen LogP contribution in [0.2, 0.25) is 0 Å². The standard InChI is InChI=1S/C29H30FN5O5S/c1-16(22-10-11-23(41-22)26(31)32)34-28(39)21-12-29(15-36)13-24(29)35(21)25(37)14-33-27(38)17-2-6-19(7-3-17)40-20-8-4-18(30)5-9-20/h2-11,16,21,24,36H,12-15H2,1H3,(H3,31,32)(H,33,38)(H,34,39)/t16-,21+,24+,29-/m1/s1. The Morgan fingerprint density at radius 3 is 2.39 bits per heavy atom. The molecule has 2 aliphatic rings. The summed E-state index contributed by atoms with van der Waals surface area (Å²) in [5.74, 6) is -0.735. The number of thiophene rings is 1. The average Bonchev–Trinajstić information content (AvgIpc) is 3.30. The first-order chi connectivity index (χ1) is 19.6. The van der Waals surface area contributed by atoms with E-state index in [2.05, 4.69) is 10.6 Å². The molecule has 4 atom stereocenters. The summed E-state index contributed by atoms with van der Waals surface area (Å²) < 4.78 is 18.7. The van der Waals surface area contributed by atoms with Crippen molar-refractivity contribution >= 4 is 34.9 Å². The van der Waals surface area contributed by atoms with E-state index in [1.807, 2.05) is 6.92 Å². The van der Waals surface area contributed by atoms with Crippen molar-refractivity contribution < 1.29 is 28.6 Å². The number of aliphatic hydroxyl groups excluding tert-OH is 1. The molecular weight excluding hydrogens is 549 g/mol. The third kappa shape index (κ3) is 5.93. The molecule has 0 unspecified atom stereocenters. The van der Waals surface area contributed by atoms with E-state index in [4.69, 9.17) is 15.9 Å². The van der Waals surface area contributed by atoms with Gasteiger partial charge < -0.3 is 31.1 Å². The second kappa shape index (κ2) is 11.3. The van der Waals surface area contributed by atoms with Crippen molar-refractivity contribution in [2.45, 2.75) is 37.9 Å². The number of amides is 3. The molecule has 3 amide bonds. The second-order valence-electron chi connectivity index (χ2n) is 10.4. The number of rotatable bonds is 10. The lowest BCUT2D eigenvalue weighted by Gasteiger charge is -2.28. The quantitative estimate of drug-likeness (QED) is 0.184. The van der Waals surface area contributed by atoms with Crippen LogP contribution in [0.5, 0.6) is 11.5 Å². The lowest BCUT2D eigenvalue weighted by molar-refractivity contribution is -0.139. The summed E-state index contributed by atoms with van der Waals surface area (Å²) >= 11 is 1.31. The van der Waals surface area contributed by atoms with E-state index in [0.717, 1.165) is 4.88 Å². The summed E-state index contributed by atoms with van der Waals surface area (Å²) in [6.45, 7) is 1.37. The molecule has 1 saturated carbocycles. The van der Waals surface area contributed by atoms with Crippen LogP contribution in [0.4, 0.5) is 4.39 Å². The molecule has 214 valence electrons. The third-order valence-electron chi connectivity index (χ3n) is 7.57. The molecule has 2 aromatic carbocycles. The van der Waals surface area contributed by atoms with Crippen LogP contribution in [0.3, 0.4) is 0 Å². The van der Waals surface area contributed by atoms with Crippen LogP contribution in [-0.2, 0) is 9.59 Å². The molecule has 2 fully saturated rings. The van der Waals surface area contributed by atoms with Gasteiger partial charge in [0, 0.05) is 21.9 Å². The first-order valence-electron chi connectivity index (χ1n) is 13.1. The number of halogens is 1. The van der Waals surface area contributed by atoms with E-state index in [1.165, 1.54) is 40.5 Å². The van der Waals surface area contributed by atoms with Crippen LogP contribution < -0.4 is 21.1 Å². The Morgan fingerprint density at radius 1 is 1.12 bits per heavy atom. The van der Waals surface area contributed by atoms with Gasteiger partial charge in [0.2, 0.25) is 11.8 Å². The molecule has 5 rings (SSSR count). The third-order valence-corrected chi connectivity index (χ3v) is 8.87. The predicted molar refractivity (Wildman–Crippen MR) is 150 cm³/mol. The van der Waals surface area contributed by atoms with Crippen LogP contribution in [-0.4, -0.2) is 58.8 Å². The number of nitrogens with two attached hydrogens (primary N) is 1. The van der Waals surface area contributed by atoms with E-state index in [-0.39, 0.29) is 42.8 Å². The number of nitrogens with one attached hydrogen (secondary N) is 3. The fraction of sp³-hybridized carbons (Fsp3) is 0.310. The highest BCUT2D eigenvalue weighted by Crippen LogP contribution is 2.59. The van der Waals surface area contributed by atoms with Gasteiger partial charge in [0.25, 0.3) is 5.91 Å². The van der Waals surface area contributed by atoms with Gasteiger partial charge in [-0.1, -0.05) is 0 Å². The second-order valence-corrected chi connectivity index (χ2v) is 11.5. The average molecular weight is 580 g/mol. The zero-order valence-electron chi connectivity index (χ0n) is 22.2. The highest BCUT2D eigenvalue weighted by molar-refractivity contribution is 7.14. The first kappa shape index (κ1) is 28.2. The number of piperidine rings is 1. The number of benzene rings is 2. The summed E-state index contributed by atoms with van der Waals surface area (Å²) in [6, 6.07) is 13.9. The summed E-state index contributed by atoms with van der Waals surface area (Å²) in [5, 5.41) is 23.1. The molecule has 3 aromatic rings. The minimum absolute atomic E-state index is 0.0476. The molecule has 0 radical (unpaired) electrons. The van der Waals surface area contributed by atoms with Crippen LogP contribution >= 0.6 is 11.3 Å². The van der Waals surface area contributed by atoms with Crippen molar-refractivity contribution in [2.75, 3.05) is 13.2 Å². The van der Waals surface area contributed by atoms with Crippen molar-refractivity contribution in [2.24, 2.45) is 11.1 Å². The smallest absolute Gasteiger partial charge is 0.251 e. The maximum atomic E-state index is 13.3. The minimum atomic E-state index is -0.775. The molecule has 6 N–H and O–H groups in total. The van der Waals surface area contributed by atoms with E-state index in [1.54, 1.807) is 36.4 Å². The number of hydrogen-bond acceptors (Lipinski definition) is 7. The van der Waals surface area contributed by atoms with Crippen molar-refractivity contribution in [1.29, 1.82) is 5.41 Å². The Labute approximate surface area is 239 Å². The van der Waals surface area contributed by atoms with Gasteiger partial charge in [-0.3, -0.25) is 19.8 Å². The van der Waals surface area contributed by atoms with Crippen molar-refractivity contribution in [1.82, 2.24) is 15.5 Å². The number of aliphatic hydroxyl groups is 1. The number of amidine groups is 1. The molecule has 2 heterocycles. The van der Waals surface area contributed by atoms with Gasteiger partial charge in [0.1, 0.15) is 29.2 Å². The molecule has 41 heavy (non-hydrogen) atoms. The van der Waals surface area contributed by atoms with Gasteiger partial charge in [0.15, 0.2) is 0 Å². The molecule has 12 heteroatoms. The number of nitrogen functional groups attached to an aromatic ring is 1. The molecule has 0 spiro atoms. The van der Waals surface area contributed by atoms with Crippen molar-refractivity contribution in [3.63, 3.8) is 0 Å². The monoisotopic (exact) mass is 579 g/mol. The Balaban J connectivity index is 1.19. The number of ether oxygens (including phenoxy) is 1. The molecular formula is C29H30FN5O5S. The van der Waals surface area contributed by atoms with Crippen LogP contribution in [0, 0.1) is 16.6 Å². The lowest BCUT2D eigenvalue weighted by atomic mass is 10.00. The van der Waals surface area contributed by atoms with Crippen molar-refractivity contribution in [3.8, 4) is 11.5 Å². The topological polar surface area (TPSA) is 158 Å². The van der Waals surface area contributed by atoms with E-state index in [0.29, 0.717) is 34.8 Å². The largest absolute Gasteiger partial charge is 0.457 e. The summed E-state index contributed by atoms with van der Waals surface area (Å²) in [6.07, 6.45) is 0.940. The maximum absolute atomic E-state index is 13.3. The molecule has 0 bridgehead atoms. The van der Waals surface area contributed by atoms with Crippen LogP contribution in [0.25, 0.3) is 0 Å². The molecule has 1 aliphatic carbocycles. The highest BCUT2D eigenvalue weighted by Gasteiger charge is 2.66. The van der Waals surface area contributed by atoms with E-state index in [9.17, 15) is 23.9 Å². The number of fused-ring (bicyclic) bond motifs is 1. The van der Waals surface area contributed by atoms with Gasteiger partial charge in [0.05, 0.1) is 24.1 Å². The van der Waals surface area contributed by atoms with E-state index < -0.39 is 23.3 Å². The number of carbonyl (C=O) groups is 3. The Morgan fingerprint density at radius 2 is 1.78 bits per heavy atom. The Hall–Kier alpha value is -4.29. The summed E-state index contributed by atoms with van der Waals surface area (Å²) in [4.78, 5) is 42.2. The van der Waals surface area contributed by atoms with Gasteiger partial charge in [-0.2, -0.15) is 0 Å². The number of hydrogen-bond donors (Lipinski definition) is 5. The zero-order valence-corrected chi connectivity index (χ0v) is 23.0. The normalized spacial score (nSPS) is 21.5. The first-order valence-corrected chi connectivity index (χ1v) is 13.9. The zero-order chi connectivity index (χ0) is 29.3. The predicted octanol–water partition coefficient (Wildman–Crippen LogP) is 2.92. The number of likely N-dealkylation sites (tertiary alicyclic amines) is 1. The lowest BCUT2D eigenvalue weighted by Crippen LogP contribution is -2.51. The van der Waals surface area contributed by atoms with Gasteiger partial charge in [-0.05, 0) is 80.4 Å². The molecule has 1 aromatic heterocycles. The Bertz CT molecular complexity index is 1480. The molecule has 10 nitrogen and oxygen atoms in total. The molecule has 1 aliphatic heterocycles. The van der Waals surface area contributed by atoms with Gasteiger partial charge in [-0.15, -0.1) is 11.3 Å². The fourth-order valence-corrected chi connectivity index (χ4v) is 6.09. The van der Waals surface area contributed by atoms with Crippen LogP contribution in [0.1, 0.15) is 45.9 Å². The van der Waals surface area contributed by atoms with Gasteiger partial charge in [-0.25, -0.2) is 4.39 Å². The minimum Gasteiger partial charge on any atom is -0.457 e. The van der Waals surface area contributed by atoms with Gasteiger partial charge >= 0.3 is 0 Å². The number of nitrogens with zero attached hydrogens (tertiary/aromatic N) is 1. The van der Waals surface area contributed by atoms with Crippen molar-refractivity contribution in [3.05, 3.63) is 81.8 Å². The summed E-state index contributed by atoms with van der Waals surface area (Å²) in [7, 11) is 0. The highest BCUT2D eigenvalue weighted by atomic mass is 32.1. The maximum Gasteiger partial charge on any atom is 0.251 e. The Kier molecular flexibility index (Phi) is 7.78. The SMILES string of the molecule is C[C@@H](NC(=O)[C@@H]1C[C@]2(CO)C[C@@H]2N1C(=O)CNC(=O)c1ccc(Oc2ccc(F)cc2)cc1)c1ccc(C(=N)N)s1. The van der Waals surface area contributed by atoms with Crippen LogP contribution in [0.15, 0.2) is 60.7 Å². The number of carbonyl (C=O) groups excluding carboxylic acids is 3. The molecule has 1 saturated heterocycles. The van der Waals surface area contributed by atoms with E-state index >= 15 is 0 Å². The summed E-state index contributed by atoms with van der Waals surface area (Å²) in [5.41, 5.74) is 5.36. The fourth-order valence-electron chi connectivity index (χ4n) is 5.21.